The van der Waals surface area contributed by atoms with Gasteiger partial charge in [-0.25, -0.2) is 0 Å². The van der Waals surface area contributed by atoms with Crippen molar-refractivity contribution in [3.63, 3.8) is 0 Å². The lowest BCUT2D eigenvalue weighted by molar-refractivity contribution is 0.107. The summed E-state index contributed by atoms with van der Waals surface area (Å²) in [6.07, 6.45) is 0. The van der Waals surface area contributed by atoms with Gasteiger partial charge in [0.2, 0.25) is 0 Å². The molecule has 0 aromatic heterocycles. The average molecular weight is 304 g/mol. The van der Waals surface area contributed by atoms with Crippen LogP contribution in [0.25, 0.3) is 0 Å². The lowest BCUT2D eigenvalue weighted by Crippen LogP contribution is -2.37. The minimum absolute atomic E-state index is 0.277. The highest BCUT2D eigenvalue weighted by Gasteiger charge is 2.18. The molecule has 0 radical (unpaired) electrons. The van der Waals surface area contributed by atoms with Crippen LogP contribution in [-0.2, 0) is 16.0 Å². The molecule has 1 fully saturated rings. The summed E-state index contributed by atoms with van der Waals surface area (Å²) in [5.41, 5.74) is 1.26. The molecule has 8 heteroatoms. The summed E-state index contributed by atoms with van der Waals surface area (Å²) in [6, 6.07) is 4.69. The molecule has 19 heavy (non-hydrogen) atoms. The first-order valence-corrected chi connectivity index (χ1v) is 7.05. The van der Waals surface area contributed by atoms with Crippen LogP contribution in [0.4, 0.5) is 11.4 Å². The van der Waals surface area contributed by atoms with Crippen LogP contribution in [0.15, 0.2) is 18.2 Å². The molecule has 1 heterocycles. The van der Waals surface area contributed by atoms with Crippen molar-refractivity contribution in [2.24, 2.45) is 0 Å². The van der Waals surface area contributed by atoms with Crippen LogP contribution in [-0.4, -0.2) is 40.3 Å². The molecule has 2 rings (SSSR count). The summed E-state index contributed by atoms with van der Waals surface area (Å²) in [5.74, 6) is 0. The van der Waals surface area contributed by atoms with Crippen LogP contribution in [0.1, 0.15) is 10.4 Å². The van der Waals surface area contributed by atoms with Gasteiger partial charge in [-0.3, -0.25) is 9.00 Å². The molecule has 0 saturated carbocycles. The molecule has 1 unspecified atom stereocenters. The summed E-state index contributed by atoms with van der Waals surface area (Å²) in [6.45, 7) is 2.50. The van der Waals surface area contributed by atoms with Crippen molar-refractivity contribution in [3.8, 4) is 0 Å². The Morgan fingerprint density at radius 3 is 2.68 bits per heavy atom. The molecule has 0 amide bonds. The number of nitrogens with zero attached hydrogens (tertiary/aromatic N) is 1. The van der Waals surface area contributed by atoms with E-state index in [1.54, 1.807) is 12.1 Å². The Hall–Kier alpha value is -1.15. The Morgan fingerprint density at radius 2 is 2.11 bits per heavy atom. The maximum Gasteiger partial charge on any atom is 0.254 e. The zero-order chi connectivity index (χ0) is 13.8. The quantitative estimate of drug-likeness (QED) is 0.665. The molecule has 1 saturated heterocycles. The average Bonchev–Trinajstić information content (AvgIpc) is 2.39. The first-order valence-electron chi connectivity index (χ1n) is 5.60. The van der Waals surface area contributed by atoms with Gasteiger partial charge >= 0.3 is 0 Å². The maximum atomic E-state index is 11.5. The first-order chi connectivity index (χ1) is 9.08. The van der Waals surface area contributed by atoms with Crippen LogP contribution in [0.2, 0.25) is 0 Å². The van der Waals surface area contributed by atoms with E-state index in [1.807, 2.05) is 4.90 Å². The van der Waals surface area contributed by atoms with Gasteiger partial charge < -0.3 is 18.9 Å². The molecular weight excluding hydrogens is 292 g/mol. The normalized spacial score (nSPS) is 17.1. The number of hydrogen-bond acceptors (Lipinski definition) is 5. The Morgan fingerprint density at radius 1 is 1.42 bits per heavy atom. The van der Waals surface area contributed by atoms with Gasteiger partial charge in [0.1, 0.15) is 0 Å². The van der Waals surface area contributed by atoms with Crippen LogP contribution in [0, 0.1) is 0 Å². The van der Waals surface area contributed by atoms with E-state index in [1.165, 1.54) is 6.07 Å². The fourth-order valence-corrected chi connectivity index (χ4v) is 2.40. The van der Waals surface area contributed by atoms with E-state index in [0.717, 1.165) is 0 Å². The topological polar surface area (TPSA) is 81.7 Å². The number of carbonyl (C=O) groups is 1. The Bertz CT molecular complexity index is 505. The second-order valence-electron chi connectivity index (χ2n) is 3.94. The number of benzene rings is 1. The molecule has 104 valence electrons. The van der Waals surface area contributed by atoms with Crippen LogP contribution in [0.5, 0.6) is 0 Å². The third-order valence-corrected chi connectivity index (χ3v) is 3.37. The van der Waals surface area contributed by atoms with Crippen molar-refractivity contribution in [1.82, 2.24) is 0 Å². The van der Waals surface area contributed by atoms with Crippen molar-refractivity contribution in [1.29, 1.82) is 0 Å². The highest BCUT2D eigenvalue weighted by molar-refractivity contribution is 7.80. The molecular formula is C11H12ClN2O4S-. The number of hydrogen-bond donors (Lipinski definition) is 1. The number of nitrogens with one attached hydrogen (secondary N) is 1. The SMILES string of the molecule is O=C(Cl)c1cc(NS(=O)[O-])ccc1N1CCOCC1. The van der Waals surface area contributed by atoms with Crippen molar-refractivity contribution in [2.45, 2.75) is 0 Å². The van der Waals surface area contributed by atoms with Crippen LogP contribution < -0.4 is 9.62 Å². The molecule has 6 nitrogen and oxygen atoms in total. The zero-order valence-corrected chi connectivity index (χ0v) is 11.5. The molecule has 1 aromatic carbocycles. The summed E-state index contributed by atoms with van der Waals surface area (Å²) >= 11 is 3.12. The van der Waals surface area contributed by atoms with E-state index < -0.39 is 16.5 Å². The van der Waals surface area contributed by atoms with E-state index in [9.17, 15) is 13.6 Å². The minimum Gasteiger partial charge on any atom is -0.755 e. The summed E-state index contributed by atoms with van der Waals surface area (Å²) in [4.78, 5) is 13.5. The van der Waals surface area contributed by atoms with Crippen LogP contribution >= 0.6 is 11.6 Å². The third kappa shape index (κ3) is 3.66. The van der Waals surface area contributed by atoms with Gasteiger partial charge in [0.15, 0.2) is 0 Å². The molecule has 0 bridgehead atoms. The molecule has 1 N–H and O–H groups in total. The predicted octanol–water partition coefficient (Wildman–Crippen LogP) is 1.11. The zero-order valence-electron chi connectivity index (χ0n) is 9.93. The molecule has 1 aliphatic heterocycles. The largest absolute Gasteiger partial charge is 0.755 e. The van der Waals surface area contributed by atoms with E-state index >= 15 is 0 Å². The number of anilines is 2. The van der Waals surface area contributed by atoms with Gasteiger partial charge in [-0.05, 0) is 29.8 Å². The molecule has 0 aliphatic carbocycles. The predicted molar refractivity (Wildman–Crippen MR) is 72.2 cm³/mol. The number of morpholine rings is 1. The highest BCUT2D eigenvalue weighted by Crippen LogP contribution is 2.26. The third-order valence-electron chi connectivity index (χ3n) is 2.76. The number of ether oxygens (including phenoxy) is 1. The molecule has 0 spiro atoms. The van der Waals surface area contributed by atoms with Gasteiger partial charge in [-0.2, -0.15) is 0 Å². The van der Waals surface area contributed by atoms with Gasteiger partial charge in [0.25, 0.3) is 5.24 Å². The van der Waals surface area contributed by atoms with Gasteiger partial charge in [0.05, 0.1) is 18.8 Å². The van der Waals surface area contributed by atoms with Gasteiger partial charge in [-0.1, -0.05) is 0 Å². The standard InChI is InChI=1S/C11H13ClN2O4S/c12-11(15)9-7-8(13-19(16)17)1-2-10(9)14-3-5-18-6-4-14/h1-2,7,13H,3-6H2,(H,16,17)/p-1. The summed E-state index contributed by atoms with van der Waals surface area (Å²) < 4.78 is 28.6. The van der Waals surface area contributed by atoms with Crippen molar-refractivity contribution < 1.29 is 18.3 Å². The van der Waals surface area contributed by atoms with Crippen LogP contribution in [0.3, 0.4) is 0 Å². The summed E-state index contributed by atoms with van der Waals surface area (Å²) in [5, 5.41) is -0.623. The lowest BCUT2D eigenvalue weighted by Gasteiger charge is -2.30. The molecule has 1 atom stereocenters. The Labute approximate surface area is 118 Å². The molecule has 1 aromatic rings. The minimum atomic E-state index is -2.44. The Balaban J connectivity index is 2.31. The Kier molecular flexibility index (Phi) is 4.76. The fourth-order valence-electron chi connectivity index (χ4n) is 1.93. The van der Waals surface area contributed by atoms with Crippen molar-refractivity contribution in [2.75, 3.05) is 35.9 Å². The smallest absolute Gasteiger partial charge is 0.254 e. The van der Waals surface area contributed by atoms with Crippen molar-refractivity contribution in [3.05, 3.63) is 23.8 Å². The van der Waals surface area contributed by atoms with E-state index in [0.29, 0.717) is 37.7 Å². The number of rotatable bonds is 4. The first kappa shape index (κ1) is 14.3. The summed E-state index contributed by atoms with van der Waals surface area (Å²) in [7, 11) is 0. The number of carbonyl (C=O) groups excluding carboxylic acids is 1. The van der Waals surface area contributed by atoms with E-state index in [2.05, 4.69) is 4.72 Å². The lowest BCUT2D eigenvalue weighted by atomic mass is 10.1. The van der Waals surface area contributed by atoms with E-state index in [-0.39, 0.29) is 5.56 Å². The molecule has 1 aliphatic rings. The maximum absolute atomic E-state index is 11.5. The fraction of sp³-hybridized carbons (Fsp3) is 0.364. The second-order valence-corrected chi connectivity index (χ2v) is 4.96. The van der Waals surface area contributed by atoms with Crippen molar-refractivity contribution >= 4 is 39.5 Å². The van der Waals surface area contributed by atoms with Gasteiger partial charge in [0, 0.05) is 35.7 Å². The van der Waals surface area contributed by atoms with Gasteiger partial charge in [-0.15, -0.1) is 0 Å². The second kappa shape index (κ2) is 6.33. The highest BCUT2D eigenvalue weighted by atomic mass is 35.5. The monoisotopic (exact) mass is 303 g/mol. The van der Waals surface area contributed by atoms with E-state index in [4.69, 9.17) is 16.3 Å². The number of halogens is 1.